The maximum atomic E-state index is 15.8. The molecule has 13 nitrogen and oxygen atoms in total. The summed E-state index contributed by atoms with van der Waals surface area (Å²) < 4.78 is 58.9. The van der Waals surface area contributed by atoms with Gasteiger partial charge in [-0.3, -0.25) is 14.9 Å². The lowest BCUT2D eigenvalue weighted by Gasteiger charge is -2.33. The highest BCUT2D eigenvalue weighted by atomic mass is 32.2. The lowest BCUT2D eigenvalue weighted by Crippen LogP contribution is -2.40. The minimum atomic E-state index is -4.01. The normalized spacial score (nSPS) is 16.5. The Balaban J connectivity index is 1.69. The van der Waals surface area contributed by atoms with Gasteiger partial charge in [0.1, 0.15) is 23.4 Å². The van der Waals surface area contributed by atoms with Crippen LogP contribution in [0.4, 0.5) is 26.4 Å². The number of halogens is 1. The molecule has 4 aromatic rings. The molecule has 2 heterocycles. The van der Waals surface area contributed by atoms with Gasteiger partial charge in [-0.05, 0) is 98.8 Å². The number of hydrogen-bond acceptors (Lipinski definition) is 11. The van der Waals surface area contributed by atoms with Crippen LogP contribution in [0, 0.1) is 11.7 Å². The number of aromatic nitrogens is 1. The molecule has 3 atom stereocenters. The van der Waals surface area contributed by atoms with E-state index in [-0.39, 0.29) is 41.3 Å². The van der Waals surface area contributed by atoms with E-state index in [2.05, 4.69) is 15.6 Å². The average molecular weight is 722 g/mol. The fourth-order valence-corrected chi connectivity index (χ4v) is 7.53. The molecule has 0 bridgehead atoms. The number of sulfone groups is 1. The molecule has 1 aromatic heterocycles. The summed E-state index contributed by atoms with van der Waals surface area (Å²) in [6.45, 7) is 5.07. The number of nitrogen functional groups attached to an aromatic ring is 1. The fourth-order valence-electron chi connectivity index (χ4n) is 6.26. The highest BCUT2D eigenvalue weighted by Crippen LogP contribution is 2.44. The second-order valence-electron chi connectivity index (χ2n) is 12.2. The molecule has 2 amide bonds. The van der Waals surface area contributed by atoms with Crippen LogP contribution in [0.3, 0.4) is 0 Å². The van der Waals surface area contributed by atoms with Gasteiger partial charge in [-0.15, -0.1) is 0 Å². The Morgan fingerprint density at radius 2 is 1.76 bits per heavy atom. The number of methoxy groups -OCH3 is 2. The summed E-state index contributed by atoms with van der Waals surface area (Å²) in [5.41, 5.74) is 6.70. The predicted octanol–water partition coefficient (Wildman–Crippen LogP) is 5.63. The third kappa shape index (κ3) is 7.53. The zero-order valence-corrected chi connectivity index (χ0v) is 29.6. The first-order chi connectivity index (χ1) is 24.3. The number of pyridine rings is 1. The minimum absolute atomic E-state index is 0.00996. The van der Waals surface area contributed by atoms with Crippen molar-refractivity contribution < 1.29 is 41.4 Å². The highest BCUT2D eigenvalue weighted by Gasteiger charge is 2.47. The molecular formula is C36H40FN5O8S. The van der Waals surface area contributed by atoms with Crippen LogP contribution >= 0.6 is 0 Å². The number of rotatable bonds is 11. The number of nitrogens with two attached hydrogens (primary N) is 1. The van der Waals surface area contributed by atoms with Crippen LogP contribution in [0.5, 0.6) is 5.75 Å². The molecule has 15 heteroatoms. The van der Waals surface area contributed by atoms with Crippen LogP contribution in [0.2, 0.25) is 0 Å². The molecule has 0 radical (unpaired) electrons. The predicted molar refractivity (Wildman–Crippen MR) is 189 cm³/mol. The van der Waals surface area contributed by atoms with E-state index in [4.69, 9.17) is 19.9 Å². The van der Waals surface area contributed by atoms with Gasteiger partial charge in [0.05, 0.1) is 42.9 Å². The van der Waals surface area contributed by atoms with E-state index < -0.39 is 56.9 Å². The van der Waals surface area contributed by atoms with Crippen molar-refractivity contribution in [1.82, 2.24) is 9.88 Å². The van der Waals surface area contributed by atoms with E-state index in [9.17, 15) is 22.8 Å². The number of carbonyl (C=O) groups excluding carboxylic acids is 3. The van der Waals surface area contributed by atoms with Crippen LogP contribution < -0.4 is 21.1 Å². The van der Waals surface area contributed by atoms with Gasteiger partial charge in [0.25, 0.3) is 0 Å². The first-order valence-corrected chi connectivity index (χ1v) is 17.8. The first kappa shape index (κ1) is 36.8. The number of amides is 2. The van der Waals surface area contributed by atoms with Crippen LogP contribution in [-0.4, -0.2) is 68.9 Å². The number of nitrogens with one attached hydrogen (secondary N) is 2. The summed E-state index contributed by atoms with van der Waals surface area (Å²) in [6.07, 6.45) is 0.837. The number of carbonyl (C=O) groups is 3. The zero-order valence-electron chi connectivity index (χ0n) is 28.8. The Kier molecular flexibility index (Phi) is 11.0. The Labute approximate surface area is 295 Å². The molecule has 0 spiro atoms. The lowest BCUT2D eigenvalue weighted by molar-refractivity contribution is -0.147. The SMILES string of the molecule is CCOc1ccc(F)c([C@H](Nc2ccc3c(N)nccc3c2)C(=O)N2CC[C@@H](C(=O)OC)[C@H]2c2cc(NC(=O)OC)ccc2S(=O)(=O)C(C)C)c1. The monoisotopic (exact) mass is 721 g/mol. The first-order valence-electron chi connectivity index (χ1n) is 16.2. The van der Waals surface area contributed by atoms with Crippen molar-refractivity contribution in [3.05, 3.63) is 83.8 Å². The summed E-state index contributed by atoms with van der Waals surface area (Å²) in [5.74, 6) is -2.41. The van der Waals surface area contributed by atoms with E-state index in [1.807, 2.05) is 0 Å². The second kappa shape index (κ2) is 15.2. The third-order valence-corrected chi connectivity index (χ3v) is 11.0. The summed E-state index contributed by atoms with van der Waals surface area (Å²) in [7, 11) is -1.63. The van der Waals surface area contributed by atoms with Crippen molar-refractivity contribution >= 4 is 55.8 Å². The van der Waals surface area contributed by atoms with Gasteiger partial charge >= 0.3 is 12.1 Å². The van der Waals surface area contributed by atoms with Gasteiger partial charge in [0.2, 0.25) is 5.91 Å². The number of fused-ring (bicyclic) bond motifs is 1. The molecule has 5 rings (SSSR count). The number of benzene rings is 3. The van der Waals surface area contributed by atoms with Crippen molar-refractivity contribution in [2.24, 2.45) is 5.92 Å². The third-order valence-electron chi connectivity index (χ3n) is 8.81. The van der Waals surface area contributed by atoms with Gasteiger partial charge < -0.3 is 30.2 Å². The highest BCUT2D eigenvalue weighted by molar-refractivity contribution is 7.92. The van der Waals surface area contributed by atoms with E-state index in [0.29, 0.717) is 28.0 Å². The van der Waals surface area contributed by atoms with E-state index in [0.717, 1.165) is 0 Å². The lowest BCUT2D eigenvalue weighted by atomic mass is 9.92. The maximum Gasteiger partial charge on any atom is 0.411 e. The molecule has 4 N–H and O–H groups in total. The maximum absolute atomic E-state index is 15.8. The van der Waals surface area contributed by atoms with Gasteiger partial charge in [-0.1, -0.05) is 0 Å². The van der Waals surface area contributed by atoms with Crippen molar-refractivity contribution in [2.45, 2.75) is 49.4 Å². The van der Waals surface area contributed by atoms with Gasteiger partial charge in [0.15, 0.2) is 9.84 Å². The number of nitrogens with zero attached hydrogens (tertiary/aromatic N) is 2. The molecule has 1 fully saturated rings. The van der Waals surface area contributed by atoms with E-state index in [1.165, 1.54) is 69.4 Å². The number of likely N-dealkylation sites (tertiary alicyclic amines) is 1. The summed E-state index contributed by atoms with van der Waals surface area (Å²) in [4.78, 5) is 45.8. The molecule has 1 aliphatic heterocycles. The molecule has 51 heavy (non-hydrogen) atoms. The van der Waals surface area contributed by atoms with Crippen molar-refractivity contribution in [3.63, 3.8) is 0 Å². The number of hydrogen-bond donors (Lipinski definition) is 3. The van der Waals surface area contributed by atoms with Gasteiger partial charge in [-0.2, -0.15) is 0 Å². The molecular weight excluding hydrogens is 681 g/mol. The van der Waals surface area contributed by atoms with Crippen LogP contribution in [0.15, 0.2) is 71.8 Å². The van der Waals surface area contributed by atoms with Gasteiger partial charge in [-0.25, -0.2) is 22.6 Å². The molecule has 0 unspecified atom stereocenters. The van der Waals surface area contributed by atoms with E-state index >= 15 is 4.39 Å². The number of esters is 1. The number of ether oxygens (including phenoxy) is 3. The summed E-state index contributed by atoms with van der Waals surface area (Å²) in [6, 6.07) is 12.5. The Morgan fingerprint density at radius 3 is 2.45 bits per heavy atom. The van der Waals surface area contributed by atoms with Crippen molar-refractivity contribution in [1.29, 1.82) is 0 Å². The van der Waals surface area contributed by atoms with Crippen LogP contribution in [0.1, 0.15) is 50.4 Å². The largest absolute Gasteiger partial charge is 0.494 e. The summed E-state index contributed by atoms with van der Waals surface area (Å²) >= 11 is 0. The smallest absolute Gasteiger partial charge is 0.411 e. The molecule has 0 aliphatic carbocycles. The Morgan fingerprint density at radius 1 is 1.02 bits per heavy atom. The summed E-state index contributed by atoms with van der Waals surface area (Å²) in [5, 5.41) is 6.22. The standard InChI is InChI=1S/C36H40FN5O8S/c1-6-50-24-9-11-29(37)27(19-24)31(40-22-7-10-25-21(17-22)13-15-39-33(25)38)34(43)42-16-14-26(35(44)48-4)32(42)28-18-23(41-36(45)49-5)8-12-30(28)51(46,47)20(2)3/h7-13,15,17-20,26,31-32,40H,6,14,16H2,1-5H3,(H2,38,39)(H,41,45)/t26-,31+,32+/m1/s1. The van der Waals surface area contributed by atoms with E-state index in [1.54, 1.807) is 37.4 Å². The zero-order chi connectivity index (χ0) is 37.0. The van der Waals surface area contributed by atoms with Crippen molar-refractivity contribution in [2.75, 3.05) is 43.7 Å². The second-order valence-corrected chi connectivity index (χ2v) is 14.7. The molecule has 270 valence electrons. The number of anilines is 3. The topological polar surface area (TPSA) is 179 Å². The molecule has 0 saturated carbocycles. The van der Waals surface area contributed by atoms with Gasteiger partial charge in [0, 0.05) is 35.1 Å². The molecule has 3 aromatic carbocycles. The Bertz CT molecular complexity index is 2080. The molecule has 1 aliphatic rings. The van der Waals surface area contributed by atoms with Crippen molar-refractivity contribution in [3.8, 4) is 5.75 Å². The Hall–Kier alpha value is -5.44. The fraction of sp³-hybridized carbons (Fsp3) is 0.333. The van der Waals surface area contributed by atoms with Crippen LogP contribution in [-0.2, 0) is 28.9 Å². The minimum Gasteiger partial charge on any atom is -0.494 e. The molecule has 1 saturated heterocycles. The van der Waals surface area contributed by atoms with Crippen LogP contribution in [0.25, 0.3) is 10.8 Å². The average Bonchev–Trinajstić information content (AvgIpc) is 3.56. The quantitative estimate of drug-likeness (QED) is 0.163.